The molecule has 4 aromatic heterocycles. The Bertz CT molecular complexity index is 1350. The van der Waals surface area contributed by atoms with Gasteiger partial charge in [-0.3, -0.25) is 14.7 Å². The third-order valence-corrected chi connectivity index (χ3v) is 7.32. The minimum atomic E-state index is -0.230. The average Bonchev–Trinajstić information content (AvgIpc) is 3.52. The van der Waals surface area contributed by atoms with Crippen LogP contribution in [-0.4, -0.2) is 55.2 Å². The Morgan fingerprint density at radius 3 is 2.72 bits per heavy atom. The summed E-state index contributed by atoms with van der Waals surface area (Å²) in [5.41, 5.74) is 4.08. The summed E-state index contributed by atoms with van der Waals surface area (Å²) in [6.45, 7) is 6.88. The molecule has 184 valence electrons. The minimum absolute atomic E-state index is 0.230. The molecule has 1 amide bonds. The number of nitrogens with one attached hydrogen (secondary N) is 1. The SMILES string of the molecule is Cc1cc(C)n(-c2ncccc2NC(=O)c2csc(C3CCN(C/C=C\c4ccncc4)CC3)n2)n1. The number of pyridine rings is 2. The fourth-order valence-electron chi connectivity index (χ4n) is 4.45. The molecule has 1 fully saturated rings. The quantitative estimate of drug-likeness (QED) is 0.390. The average molecular weight is 500 g/mol. The number of hydrogen-bond acceptors (Lipinski definition) is 7. The van der Waals surface area contributed by atoms with Crippen molar-refractivity contribution in [3.8, 4) is 5.82 Å². The number of carbonyl (C=O) groups excluding carboxylic acids is 1. The van der Waals surface area contributed by atoms with E-state index in [1.807, 2.05) is 55.9 Å². The lowest BCUT2D eigenvalue weighted by Crippen LogP contribution is -2.33. The maximum absolute atomic E-state index is 13.0. The molecule has 5 rings (SSSR count). The van der Waals surface area contributed by atoms with Crippen molar-refractivity contribution in [1.82, 2.24) is 29.6 Å². The molecule has 0 unspecified atom stereocenters. The molecule has 1 aliphatic heterocycles. The molecule has 5 heterocycles. The van der Waals surface area contributed by atoms with E-state index in [2.05, 4.69) is 37.4 Å². The van der Waals surface area contributed by atoms with E-state index in [0.29, 0.717) is 23.1 Å². The van der Waals surface area contributed by atoms with Gasteiger partial charge in [-0.2, -0.15) is 5.10 Å². The highest BCUT2D eigenvalue weighted by molar-refractivity contribution is 7.10. The molecule has 1 N–H and O–H groups in total. The molecule has 0 spiro atoms. The van der Waals surface area contributed by atoms with Crippen molar-refractivity contribution in [2.45, 2.75) is 32.6 Å². The Morgan fingerprint density at radius 1 is 1.17 bits per heavy atom. The number of thiazole rings is 1. The van der Waals surface area contributed by atoms with Crippen LogP contribution in [0.25, 0.3) is 11.9 Å². The largest absolute Gasteiger partial charge is 0.317 e. The van der Waals surface area contributed by atoms with Crippen molar-refractivity contribution < 1.29 is 4.79 Å². The Hall–Kier alpha value is -3.69. The second-order valence-corrected chi connectivity index (χ2v) is 9.89. The number of amides is 1. The highest BCUT2D eigenvalue weighted by Gasteiger charge is 2.24. The summed E-state index contributed by atoms with van der Waals surface area (Å²) in [5.74, 6) is 0.754. The standard InChI is InChI=1S/C27H29N7OS/c1-19-17-20(2)34(32-19)25-23(6-3-11-29-25)30-26(35)24-18-36-27(31-24)22-9-15-33(16-10-22)14-4-5-21-7-12-28-13-8-21/h3-8,11-13,17-18,22H,9-10,14-16H2,1-2H3,(H,30,35)/b5-4-. The maximum Gasteiger partial charge on any atom is 0.275 e. The molecular weight excluding hydrogens is 470 g/mol. The van der Waals surface area contributed by atoms with E-state index >= 15 is 0 Å². The van der Waals surface area contributed by atoms with Crippen LogP contribution in [-0.2, 0) is 0 Å². The van der Waals surface area contributed by atoms with E-state index in [1.54, 1.807) is 28.3 Å². The Balaban J connectivity index is 1.18. The molecule has 0 atom stereocenters. The van der Waals surface area contributed by atoms with Gasteiger partial charge >= 0.3 is 0 Å². The van der Waals surface area contributed by atoms with Crippen LogP contribution in [0, 0.1) is 13.8 Å². The third-order valence-electron chi connectivity index (χ3n) is 6.32. The number of anilines is 1. The lowest BCUT2D eigenvalue weighted by atomic mass is 9.97. The van der Waals surface area contributed by atoms with Crippen LogP contribution in [0.4, 0.5) is 5.69 Å². The summed E-state index contributed by atoms with van der Waals surface area (Å²) in [6, 6.07) is 9.64. The number of carbonyl (C=O) groups is 1. The Labute approximate surface area is 214 Å². The fraction of sp³-hybridized carbons (Fsp3) is 0.296. The van der Waals surface area contributed by atoms with Gasteiger partial charge in [0.05, 0.1) is 16.4 Å². The highest BCUT2D eigenvalue weighted by Crippen LogP contribution is 2.30. The van der Waals surface area contributed by atoms with Crippen LogP contribution in [0.15, 0.2) is 60.4 Å². The van der Waals surface area contributed by atoms with E-state index in [9.17, 15) is 4.79 Å². The smallest absolute Gasteiger partial charge is 0.275 e. The number of nitrogens with zero attached hydrogens (tertiary/aromatic N) is 6. The van der Waals surface area contributed by atoms with E-state index in [4.69, 9.17) is 4.98 Å². The molecule has 9 heteroatoms. The molecule has 0 aliphatic carbocycles. The van der Waals surface area contributed by atoms with Gasteiger partial charge in [0, 0.05) is 42.1 Å². The third kappa shape index (κ3) is 5.58. The van der Waals surface area contributed by atoms with Gasteiger partial charge < -0.3 is 5.32 Å². The van der Waals surface area contributed by atoms with Crippen molar-refractivity contribution in [1.29, 1.82) is 0 Å². The predicted octanol–water partition coefficient (Wildman–Crippen LogP) is 4.88. The number of piperidine rings is 1. The van der Waals surface area contributed by atoms with Crippen LogP contribution in [0.3, 0.4) is 0 Å². The van der Waals surface area contributed by atoms with Gasteiger partial charge in [0.2, 0.25) is 0 Å². The van der Waals surface area contributed by atoms with E-state index in [1.165, 1.54) is 5.56 Å². The molecule has 0 bridgehead atoms. The van der Waals surface area contributed by atoms with Gasteiger partial charge in [-0.05, 0) is 75.7 Å². The summed E-state index contributed by atoms with van der Waals surface area (Å²) in [4.78, 5) is 28.7. The monoisotopic (exact) mass is 499 g/mol. The fourth-order valence-corrected chi connectivity index (χ4v) is 5.42. The zero-order chi connectivity index (χ0) is 24.9. The second-order valence-electron chi connectivity index (χ2n) is 9.00. The molecule has 4 aromatic rings. The zero-order valence-electron chi connectivity index (χ0n) is 20.5. The van der Waals surface area contributed by atoms with E-state index < -0.39 is 0 Å². The maximum atomic E-state index is 13.0. The summed E-state index contributed by atoms with van der Waals surface area (Å²) < 4.78 is 1.75. The summed E-state index contributed by atoms with van der Waals surface area (Å²) >= 11 is 1.57. The molecule has 1 saturated heterocycles. The molecule has 1 aliphatic rings. The normalized spacial score (nSPS) is 14.9. The number of aryl methyl sites for hydroxylation is 2. The molecular formula is C27H29N7OS. The topological polar surface area (TPSA) is 88.8 Å². The van der Waals surface area contributed by atoms with Gasteiger partial charge in [-0.25, -0.2) is 14.6 Å². The first-order valence-electron chi connectivity index (χ1n) is 12.1. The van der Waals surface area contributed by atoms with Crippen molar-refractivity contribution in [2.75, 3.05) is 25.0 Å². The van der Waals surface area contributed by atoms with Crippen LogP contribution in [0.2, 0.25) is 0 Å². The van der Waals surface area contributed by atoms with Crippen LogP contribution in [0.1, 0.15) is 51.2 Å². The number of hydrogen-bond donors (Lipinski definition) is 1. The van der Waals surface area contributed by atoms with Crippen molar-refractivity contribution in [3.05, 3.63) is 88.0 Å². The van der Waals surface area contributed by atoms with Crippen LogP contribution in [0.5, 0.6) is 0 Å². The van der Waals surface area contributed by atoms with Crippen molar-refractivity contribution in [3.63, 3.8) is 0 Å². The molecule has 0 saturated carbocycles. The first kappa shape index (κ1) is 24.0. The van der Waals surface area contributed by atoms with Crippen LogP contribution >= 0.6 is 11.3 Å². The predicted molar refractivity (Wildman–Crippen MR) is 143 cm³/mol. The number of aromatic nitrogens is 5. The summed E-state index contributed by atoms with van der Waals surface area (Å²) in [6.07, 6.45) is 11.8. The Morgan fingerprint density at radius 2 is 1.97 bits per heavy atom. The number of likely N-dealkylation sites (tertiary alicyclic amines) is 1. The Kier molecular flexibility index (Phi) is 7.29. The molecule has 0 radical (unpaired) electrons. The lowest BCUT2D eigenvalue weighted by Gasteiger charge is -2.30. The molecule has 8 nitrogen and oxygen atoms in total. The lowest BCUT2D eigenvalue weighted by molar-refractivity contribution is 0.102. The van der Waals surface area contributed by atoms with Gasteiger partial charge in [-0.1, -0.05) is 12.2 Å². The van der Waals surface area contributed by atoms with Crippen LogP contribution < -0.4 is 5.32 Å². The van der Waals surface area contributed by atoms with Gasteiger partial charge in [-0.15, -0.1) is 11.3 Å². The second kappa shape index (κ2) is 10.9. The van der Waals surface area contributed by atoms with E-state index in [-0.39, 0.29) is 5.91 Å². The summed E-state index contributed by atoms with van der Waals surface area (Å²) in [5, 5.41) is 10.4. The summed E-state index contributed by atoms with van der Waals surface area (Å²) in [7, 11) is 0. The first-order chi connectivity index (χ1) is 17.6. The first-order valence-corrected chi connectivity index (χ1v) is 13.0. The van der Waals surface area contributed by atoms with E-state index in [0.717, 1.165) is 48.9 Å². The molecule has 36 heavy (non-hydrogen) atoms. The van der Waals surface area contributed by atoms with Gasteiger partial charge in [0.15, 0.2) is 5.82 Å². The van der Waals surface area contributed by atoms with Gasteiger partial charge in [0.1, 0.15) is 5.69 Å². The van der Waals surface area contributed by atoms with Gasteiger partial charge in [0.25, 0.3) is 5.91 Å². The number of rotatable bonds is 7. The van der Waals surface area contributed by atoms with Crippen molar-refractivity contribution in [2.24, 2.45) is 0 Å². The molecule has 0 aromatic carbocycles. The van der Waals surface area contributed by atoms with Crippen molar-refractivity contribution >= 4 is 29.0 Å². The highest BCUT2D eigenvalue weighted by atomic mass is 32.1. The minimum Gasteiger partial charge on any atom is -0.317 e. The zero-order valence-corrected chi connectivity index (χ0v) is 21.3.